The lowest BCUT2D eigenvalue weighted by Crippen LogP contribution is -2.65. The summed E-state index contributed by atoms with van der Waals surface area (Å²) in [5.74, 6) is 1.55. The minimum atomic E-state index is -0.112. The molecule has 8 aromatic rings. The van der Waals surface area contributed by atoms with Crippen molar-refractivity contribution in [2.45, 2.75) is 285 Å². The van der Waals surface area contributed by atoms with E-state index in [4.69, 9.17) is 0 Å². The van der Waals surface area contributed by atoms with E-state index in [1.807, 2.05) is 0 Å². The van der Waals surface area contributed by atoms with E-state index in [0.717, 1.165) is 64.2 Å². The fourth-order valence-electron chi connectivity index (χ4n) is 20.8. The van der Waals surface area contributed by atoms with E-state index in [1.54, 1.807) is 22.3 Å². The largest absolute Gasteiger partial charge is 0.334 e. The summed E-state index contributed by atoms with van der Waals surface area (Å²) in [5.41, 5.74) is 34.1. The number of benzene rings is 8. The third-order valence-electron chi connectivity index (χ3n) is 27.4. The molecule has 0 bridgehead atoms. The number of hydrogen-bond donors (Lipinski definition) is 0. The Kier molecular flexibility index (Phi) is 21.2. The van der Waals surface area contributed by atoms with Gasteiger partial charge in [-0.1, -0.05) is 263 Å². The first-order valence-electron chi connectivity index (χ1n) is 44.2. The molecule has 0 N–H and O–H groups in total. The second kappa shape index (κ2) is 30.6. The molecule has 586 valence electrons. The number of fused-ring (bicyclic) bond motifs is 4. The zero-order chi connectivity index (χ0) is 79.3. The minimum Gasteiger partial charge on any atom is -0.334 e. The van der Waals surface area contributed by atoms with Crippen LogP contribution in [0.15, 0.2) is 235 Å². The Morgan fingerprint density at radius 3 is 0.947 bits per heavy atom. The number of anilines is 10. The van der Waals surface area contributed by atoms with Crippen LogP contribution >= 0.6 is 0 Å². The molecule has 0 fully saturated rings. The number of nitrogens with zero attached hydrogens (tertiary/aromatic N) is 4. The third-order valence-corrected chi connectivity index (χ3v) is 27.4. The summed E-state index contributed by atoms with van der Waals surface area (Å²) in [6, 6.07) is 67.7. The average Bonchev–Trinajstić information content (AvgIpc) is 0.686. The van der Waals surface area contributed by atoms with Crippen molar-refractivity contribution in [3.63, 3.8) is 0 Å². The second-order valence-corrected chi connectivity index (χ2v) is 41.4. The van der Waals surface area contributed by atoms with Crippen molar-refractivity contribution in [3.05, 3.63) is 268 Å². The highest BCUT2D eigenvalue weighted by molar-refractivity contribution is 7.00. The molecule has 113 heavy (non-hydrogen) atoms. The van der Waals surface area contributed by atoms with Gasteiger partial charge in [0, 0.05) is 68.7 Å². The summed E-state index contributed by atoms with van der Waals surface area (Å²) in [4.78, 5) is 11.4. The first-order chi connectivity index (χ1) is 53.8. The van der Waals surface area contributed by atoms with Gasteiger partial charge in [-0.3, -0.25) is 0 Å². The molecule has 6 aliphatic carbocycles. The van der Waals surface area contributed by atoms with Crippen LogP contribution in [0.25, 0.3) is 11.1 Å². The normalized spacial score (nSPS) is 21.5. The smallest absolute Gasteiger partial charge is 0.252 e. The molecule has 4 nitrogen and oxygen atoms in total. The molecular formula is C108H131BN4. The van der Waals surface area contributed by atoms with Gasteiger partial charge in [0.25, 0.3) is 6.71 Å². The van der Waals surface area contributed by atoms with Gasteiger partial charge in [-0.05, 0) is 317 Å². The monoisotopic (exact) mass is 1500 g/mol. The summed E-state index contributed by atoms with van der Waals surface area (Å²) in [6.07, 6.45) is 42.1. The van der Waals surface area contributed by atoms with Crippen molar-refractivity contribution in [1.82, 2.24) is 0 Å². The van der Waals surface area contributed by atoms with Gasteiger partial charge < -0.3 is 19.6 Å². The molecule has 6 atom stereocenters. The summed E-state index contributed by atoms with van der Waals surface area (Å²) in [7, 11) is 0. The fraction of sp³-hybridized carbons (Fsp3) is 0.444. The lowest BCUT2D eigenvalue weighted by atomic mass is 9.33. The minimum absolute atomic E-state index is 0.00237. The Labute approximate surface area is 682 Å². The summed E-state index contributed by atoms with van der Waals surface area (Å²) >= 11 is 0. The van der Waals surface area contributed by atoms with Gasteiger partial charge in [0.2, 0.25) is 0 Å². The molecule has 0 saturated heterocycles. The maximum absolute atomic E-state index is 3.09. The van der Waals surface area contributed by atoms with Gasteiger partial charge in [0.05, 0.1) is 12.1 Å². The van der Waals surface area contributed by atoms with Crippen molar-refractivity contribution in [2.24, 2.45) is 23.7 Å². The lowest BCUT2D eigenvalue weighted by Gasteiger charge is -2.53. The van der Waals surface area contributed by atoms with E-state index >= 15 is 0 Å². The highest BCUT2D eigenvalue weighted by atomic mass is 15.2. The number of hydrogen-bond acceptors (Lipinski definition) is 4. The topological polar surface area (TPSA) is 13.0 Å². The van der Waals surface area contributed by atoms with Crippen LogP contribution in [0.4, 0.5) is 56.9 Å². The summed E-state index contributed by atoms with van der Waals surface area (Å²) in [5, 5.41) is 0. The zero-order valence-corrected chi connectivity index (χ0v) is 72.3. The van der Waals surface area contributed by atoms with Crippen molar-refractivity contribution in [1.29, 1.82) is 0 Å². The van der Waals surface area contributed by atoms with Crippen molar-refractivity contribution in [3.8, 4) is 11.1 Å². The Balaban J connectivity index is 1.06. The highest BCUT2D eigenvalue weighted by Gasteiger charge is 2.51. The quantitative estimate of drug-likeness (QED) is 0.0842. The SMILES string of the molecule is CC(C)(C)c1ccc(N(c2ccc(C(C)(C)C)cc2)c2ccc3c(c2)N(C2C(C4CC=CCC4)=CCCC2C2=CCCCC2)c2cc(-c4cc(C(C)(C)C)cc(C(C)(C)C)c4)cc4c2B3c2ccc(N(c3ccc(C(C)(C)C)cc3)c3ccc(C(C)(C)C)cc3)cc2N4C2C(C3CC=CCC3)=CCCC2C2=CCCCC2)cc1. The zero-order valence-electron chi connectivity index (χ0n) is 72.3. The molecule has 0 amide bonds. The molecule has 0 aromatic heterocycles. The van der Waals surface area contributed by atoms with Gasteiger partial charge in [-0.25, -0.2) is 0 Å². The second-order valence-electron chi connectivity index (χ2n) is 41.4. The molecule has 5 heteroatoms. The van der Waals surface area contributed by atoms with Crippen LogP contribution in [0.2, 0.25) is 0 Å². The summed E-state index contributed by atoms with van der Waals surface area (Å²) < 4.78 is 0. The predicted molar refractivity (Wildman–Crippen MR) is 491 cm³/mol. The first kappa shape index (κ1) is 78.4. The molecule has 2 aliphatic heterocycles. The molecule has 6 unspecified atom stereocenters. The molecule has 0 radical (unpaired) electrons. The maximum Gasteiger partial charge on any atom is 0.252 e. The molecule has 8 aliphatic rings. The van der Waals surface area contributed by atoms with Crippen LogP contribution in [0, 0.1) is 23.7 Å². The van der Waals surface area contributed by atoms with Crippen LogP contribution in [-0.4, -0.2) is 18.8 Å². The predicted octanol–water partition coefficient (Wildman–Crippen LogP) is 28.6. The Hall–Kier alpha value is -8.54. The molecule has 2 heterocycles. The third kappa shape index (κ3) is 15.6. The van der Waals surface area contributed by atoms with Crippen LogP contribution in [0.3, 0.4) is 0 Å². The van der Waals surface area contributed by atoms with E-state index < -0.39 is 0 Å². The van der Waals surface area contributed by atoms with Crippen molar-refractivity contribution >= 4 is 80.0 Å². The van der Waals surface area contributed by atoms with Gasteiger partial charge >= 0.3 is 0 Å². The van der Waals surface area contributed by atoms with Crippen molar-refractivity contribution < 1.29 is 0 Å². The van der Waals surface area contributed by atoms with Crippen LogP contribution in [-0.2, 0) is 32.5 Å². The van der Waals surface area contributed by atoms with Gasteiger partial charge in [-0.2, -0.15) is 0 Å². The van der Waals surface area contributed by atoms with E-state index in [0.29, 0.717) is 23.7 Å². The highest BCUT2D eigenvalue weighted by Crippen LogP contribution is 2.55. The van der Waals surface area contributed by atoms with Crippen LogP contribution < -0.4 is 36.0 Å². The standard InChI is InChI=1S/C108H131BN4/c1-103(2,3)78-45-53-84(54-46-78)110(85-55-47-79(48-56-85)104(4,5)6)88-61-63-94-96(70-88)112(101-90(72-33-23-19-24-34-72)41-31-42-91(101)73-35-25-20-26-36-73)98-67-77(76-65-82(107(13,14)15)69-83(66-76)108(16,17)18)68-99-100(98)109(94)95-64-62-89(111(86-57-49-80(50-58-86)105(7,8)9)87-59-51-81(52-60-87)106(10,11)12)71-97(95)113(99)102-92(74-37-27-21-28-38-74)43-32-44-93(102)75-39-29-22-30-40-75/h19,21,23,27,35,39,41,43,45-72,74,91,93,101-102H,20,22,24-26,28-34,36-38,40,42,44H2,1-18H3. The molecular weight excluding hydrogens is 1360 g/mol. The van der Waals surface area contributed by atoms with Gasteiger partial charge in [0.1, 0.15) is 0 Å². The average molecular weight is 1500 g/mol. The first-order valence-corrected chi connectivity index (χ1v) is 44.2. The molecule has 8 aromatic carbocycles. The molecule has 0 spiro atoms. The Bertz CT molecular complexity index is 4600. The lowest BCUT2D eigenvalue weighted by molar-refractivity contribution is 0.391. The van der Waals surface area contributed by atoms with E-state index in [2.05, 4.69) is 357 Å². The Morgan fingerprint density at radius 2 is 0.637 bits per heavy atom. The molecule has 16 rings (SSSR count). The number of allylic oxidation sites excluding steroid dienone is 8. The van der Waals surface area contributed by atoms with Crippen molar-refractivity contribution in [2.75, 3.05) is 19.6 Å². The maximum atomic E-state index is 3.09. The van der Waals surface area contributed by atoms with E-state index in [1.165, 1.54) is 169 Å². The number of rotatable bonds is 13. The Morgan fingerprint density at radius 1 is 0.301 bits per heavy atom. The van der Waals surface area contributed by atoms with E-state index in [-0.39, 0.29) is 51.3 Å². The van der Waals surface area contributed by atoms with Gasteiger partial charge in [0.15, 0.2) is 0 Å². The van der Waals surface area contributed by atoms with Crippen LogP contribution in [0.1, 0.15) is 274 Å². The van der Waals surface area contributed by atoms with Gasteiger partial charge in [-0.15, -0.1) is 0 Å². The van der Waals surface area contributed by atoms with E-state index in [9.17, 15) is 0 Å². The summed E-state index contributed by atoms with van der Waals surface area (Å²) in [6.45, 7) is 42.6. The molecule has 0 saturated carbocycles. The fourth-order valence-corrected chi connectivity index (χ4v) is 20.8. The van der Waals surface area contributed by atoms with Crippen LogP contribution in [0.5, 0.6) is 0 Å².